The number of rotatable bonds is 1. The van der Waals surface area contributed by atoms with Crippen LogP contribution in [0.4, 0.5) is 0 Å². The Morgan fingerprint density at radius 3 is 2.63 bits per heavy atom. The van der Waals surface area contributed by atoms with Gasteiger partial charge < -0.3 is 9.72 Å². The van der Waals surface area contributed by atoms with E-state index in [1.807, 2.05) is 0 Å². The van der Waals surface area contributed by atoms with Crippen molar-refractivity contribution < 1.29 is 4.74 Å². The molecular formula is C14H19IN2O2. The van der Waals surface area contributed by atoms with Gasteiger partial charge in [0.05, 0.1) is 17.9 Å². The molecule has 3 heterocycles. The van der Waals surface area contributed by atoms with E-state index in [-0.39, 0.29) is 23.0 Å². The second-order valence-corrected chi connectivity index (χ2v) is 7.66. The maximum atomic E-state index is 12.1. The van der Waals surface area contributed by atoms with E-state index in [0.717, 1.165) is 30.8 Å². The Hall–Kier alpha value is -0.430. The molecule has 0 aromatic carbocycles. The first-order chi connectivity index (χ1) is 8.86. The fourth-order valence-corrected chi connectivity index (χ4v) is 4.14. The van der Waals surface area contributed by atoms with Gasteiger partial charge in [-0.05, 0) is 41.9 Å². The van der Waals surface area contributed by atoms with Gasteiger partial charge in [-0.15, -0.1) is 0 Å². The van der Waals surface area contributed by atoms with Crippen LogP contribution in [0.2, 0.25) is 0 Å². The number of aromatic amines is 1. The Balaban J connectivity index is 2.04. The van der Waals surface area contributed by atoms with Crippen LogP contribution in [0.5, 0.6) is 0 Å². The molecule has 0 aliphatic carbocycles. The van der Waals surface area contributed by atoms with Crippen molar-refractivity contribution >= 4 is 22.6 Å². The number of hydrogen-bond acceptors (Lipinski definition) is 3. The Labute approximate surface area is 126 Å². The van der Waals surface area contributed by atoms with E-state index in [1.165, 1.54) is 0 Å². The summed E-state index contributed by atoms with van der Waals surface area (Å²) in [6, 6.07) is 0. The van der Waals surface area contributed by atoms with Crippen molar-refractivity contribution in [3.8, 4) is 0 Å². The zero-order valence-electron chi connectivity index (χ0n) is 11.5. The molecule has 4 nitrogen and oxygen atoms in total. The fraction of sp³-hybridized carbons (Fsp3) is 0.714. The van der Waals surface area contributed by atoms with Gasteiger partial charge in [0.15, 0.2) is 0 Å². The maximum absolute atomic E-state index is 12.1. The van der Waals surface area contributed by atoms with E-state index in [9.17, 15) is 4.79 Å². The molecule has 2 bridgehead atoms. The second-order valence-electron chi connectivity index (χ2n) is 6.58. The molecule has 2 fully saturated rings. The third-order valence-electron chi connectivity index (χ3n) is 4.05. The highest BCUT2D eigenvalue weighted by molar-refractivity contribution is 14.1. The summed E-state index contributed by atoms with van der Waals surface area (Å²) in [5.41, 5.74) is 0.769. The second kappa shape index (κ2) is 4.55. The normalized spacial score (nSPS) is 30.0. The van der Waals surface area contributed by atoms with E-state index >= 15 is 0 Å². The van der Waals surface area contributed by atoms with Crippen LogP contribution in [-0.4, -0.2) is 22.2 Å². The minimum Gasteiger partial charge on any atom is -0.374 e. The lowest BCUT2D eigenvalue weighted by molar-refractivity contribution is 0.0998. The number of fused-ring (bicyclic) bond motifs is 2. The molecule has 104 valence electrons. The molecule has 2 aliphatic rings. The van der Waals surface area contributed by atoms with Crippen molar-refractivity contribution in [3.05, 3.63) is 25.4 Å². The Bertz CT molecular complexity index is 562. The Morgan fingerprint density at radius 2 is 2.11 bits per heavy atom. The average molecular weight is 374 g/mol. The highest BCUT2D eigenvalue weighted by Crippen LogP contribution is 2.43. The highest BCUT2D eigenvalue weighted by Gasteiger charge is 2.43. The van der Waals surface area contributed by atoms with Crippen molar-refractivity contribution in [2.75, 3.05) is 0 Å². The predicted molar refractivity (Wildman–Crippen MR) is 81.5 cm³/mol. The number of H-pyrrole nitrogens is 1. The standard InChI is InChI=1S/C14H19IN2O2/c1-14(2,3)11-10(15)13(18)17-12(16-11)8-6-7-4-5-9(8)19-7/h7-9H,4-6H2,1-3H3,(H,16,17,18). The zero-order valence-corrected chi connectivity index (χ0v) is 13.7. The Morgan fingerprint density at radius 1 is 1.37 bits per heavy atom. The van der Waals surface area contributed by atoms with Gasteiger partial charge in [0.2, 0.25) is 0 Å². The van der Waals surface area contributed by atoms with Crippen molar-refractivity contribution in [3.63, 3.8) is 0 Å². The molecule has 5 heteroatoms. The van der Waals surface area contributed by atoms with E-state index in [2.05, 4.69) is 48.3 Å². The molecular weight excluding hydrogens is 355 g/mol. The molecule has 19 heavy (non-hydrogen) atoms. The molecule has 0 spiro atoms. The van der Waals surface area contributed by atoms with Crippen LogP contribution in [0.25, 0.3) is 0 Å². The highest BCUT2D eigenvalue weighted by atomic mass is 127. The number of hydrogen-bond donors (Lipinski definition) is 1. The molecule has 1 aromatic rings. The molecule has 1 aromatic heterocycles. The van der Waals surface area contributed by atoms with Gasteiger partial charge in [0.25, 0.3) is 5.56 Å². The first-order valence-electron chi connectivity index (χ1n) is 6.82. The van der Waals surface area contributed by atoms with Gasteiger partial charge in [0, 0.05) is 11.3 Å². The van der Waals surface area contributed by atoms with Gasteiger partial charge in [-0.3, -0.25) is 4.79 Å². The van der Waals surface area contributed by atoms with Gasteiger partial charge in [-0.2, -0.15) is 0 Å². The van der Waals surface area contributed by atoms with Gasteiger partial charge in [-0.1, -0.05) is 20.8 Å². The quantitative estimate of drug-likeness (QED) is 0.770. The monoisotopic (exact) mass is 374 g/mol. The third kappa shape index (κ3) is 2.35. The lowest BCUT2D eigenvalue weighted by atomic mass is 9.87. The molecule has 0 radical (unpaired) electrons. The van der Waals surface area contributed by atoms with Crippen LogP contribution in [-0.2, 0) is 10.2 Å². The lowest BCUT2D eigenvalue weighted by Crippen LogP contribution is -2.28. The summed E-state index contributed by atoms with van der Waals surface area (Å²) in [6.45, 7) is 6.29. The summed E-state index contributed by atoms with van der Waals surface area (Å²) < 4.78 is 6.58. The van der Waals surface area contributed by atoms with E-state index in [1.54, 1.807) is 0 Å². The summed E-state index contributed by atoms with van der Waals surface area (Å²) in [5.74, 6) is 1.09. The molecule has 3 unspecified atom stereocenters. The summed E-state index contributed by atoms with van der Waals surface area (Å²) in [5, 5.41) is 0. The molecule has 3 rings (SSSR count). The molecule has 2 saturated heterocycles. The minimum atomic E-state index is -0.113. The van der Waals surface area contributed by atoms with E-state index in [4.69, 9.17) is 9.72 Å². The molecule has 3 atom stereocenters. The summed E-state index contributed by atoms with van der Waals surface area (Å²) in [4.78, 5) is 19.8. The van der Waals surface area contributed by atoms with Crippen molar-refractivity contribution in [2.45, 2.75) is 63.6 Å². The number of nitrogens with one attached hydrogen (secondary N) is 1. The summed E-state index contributed by atoms with van der Waals surface area (Å²) in [6.07, 6.45) is 3.87. The number of nitrogens with zero attached hydrogens (tertiary/aromatic N) is 1. The maximum Gasteiger partial charge on any atom is 0.264 e. The number of aromatic nitrogens is 2. The summed E-state index contributed by atoms with van der Waals surface area (Å²) >= 11 is 2.10. The predicted octanol–water partition coefficient (Wildman–Crippen LogP) is 2.71. The zero-order chi connectivity index (χ0) is 13.8. The molecule has 0 amide bonds. The first-order valence-corrected chi connectivity index (χ1v) is 7.90. The first kappa shape index (κ1) is 13.5. The SMILES string of the molecule is CC(C)(C)c1nc(C2CC3CCC2O3)[nH]c(=O)c1I. The van der Waals surface area contributed by atoms with Crippen molar-refractivity contribution in [2.24, 2.45) is 0 Å². The van der Waals surface area contributed by atoms with Crippen LogP contribution in [0, 0.1) is 3.57 Å². The van der Waals surface area contributed by atoms with E-state index in [0.29, 0.717) is 9.67 Å². The van der Waals surface area contributed by atoms with Gasteiger partial charge in [0.1, 0.15) is 9.39 Å². The Kier molecular flexibility index (Phi) is 3.24. The van der Waals surface area contributed by atoms with Gasteiger partial charge in [-0.25, -0.2) is 4.98 Å². The smallest absolute Gasteiger partial charge is 0.264 e. The topological polar surface area (TPSA) is 55.0 Å². The lowest BCUT2D eigenvalue weighted by Gasteiger charge is -2.23. The van der Waals surface area contributed by atoms with Crippen LogP contribution in [0.3, 0.4) is 0 Å². The number of halogens is 1. The fourth-order valence-electron chi connectivity index (χ4n) is 3.07. The molecule has 0 saturated carbocycles. The minimum absolute atomic E-state index is 0.0155. The van der Waals surface area contributed by atoms with Crippen LogP contribution >= 0.6 is 22.6 Å². The van der Waals surface area contributed by atoms with Gasteiger partial charge >= 0.3 is 0 Å². The average Bonchev–Trinajstić information content (AvgIpc) is 2.92. The van der Waals surface area contributed by atoms with Crippen LogP contribution in [0.15, 0.2) is 4.79 Å². The van der Waals surface area contributed by atoms with Crippen molar-refractivity contribution in [1.29, 1.82) is 0 Å². The van der Waals surface area contributed by atoms with Crippen molar-refractivity contribution in [1.82, 2.24) is 9.97 Å². The van der Waals surface area contributed by atoms with E-state index < -0.39 is 0 Å². The third-order valence-corrected chi connectivity index (χ3v) is 5.05. The van der Waals surface area contributed by atoms with Crippen LogP contribution in [0.1, 0.15) is 57.5 Å². The number of ether oxygens (including phenoxy) is 1. The molecule has 1 N–H and O–H groups in total. The largest absolute Gasteiger partial charge is 0.374 e. The molecule has 2 aliphatic heterocycles. The van der Waals surface area contributed by atoms with Crippen LogP contribution < -0.4 is 5.56 Å². The summed E-state index contributed by atoms with van der Waals surface area (Å²) in [7, 11) is 0.